The van der Waals surface area contributed by atoms with Gasteiger partial charge in [-0.25, -0.2) is 12.8 Å². The number of hydrogen-bond acceptors (Lipinski definition) is 4. The number of furan rings is 1. The molecule has 1 amide bonds. The molecule has 2 heterocycles. The standard InChI is InChI=1S/C15H15FN2O4S/c1-10-12(5-7-22-10)15(19)17-11-3-4-13(16)14(9-11)18-6-2-8-23(18,20)21/h3-5,7,9H,2,6,8H2,1H3,(H,17,19). The van der Waals surface area contributed by atoms with E-state index < -0.39 is 21.7 Å². The van der Waals surface area contributed by atoms with E-state index in [1.54, 1.807) is 6.92 Å². The predicted octanol–water partition coefficient (Wildman–Crippen LogP) is 2.52. The molecule has 0 unspecified atom stereocenters. The normalized spacial score (nSPS) is 16.5. The Morgan fingerprint density at radius 3 is 2.74 bits per heavy atom. The molecule has 2 aromatic rings. The number of hydrogen-bond donors (Lipinski definition) is 1. The van der Waals surface area contributed by atoms with Crippen LogP contribution < -0.4 is 9.62 Å². The highest BCUT2D eigenvalue weighted by molar-refractivity contribution is 7.93. The minimum atomic E-state index is -3.49. The van der Waals surface area contributed by atoms with E-state index in [1.165, 1.54) is 24.5 Å². The van der Waals surface area contributed by atoms with E-state index in [-0.39, 0.29) is 18.0 Å². The van der Waals surface area contributed by atoms with E-state index >= 15 is 0 Å². The van der Waals surface area contributed by atoms with Gasteiger partial charge in [0.2, 0.25) is 10.0 Å². The number of amides is 1. The molecule has 0 spiro atoms. The zero-order chi connectivity index (χ0) is 16.6. The predicted molar refractivity (Wildman–Crippen MR) is 83.5 cm³/mol. The quantitative estimate of drug-likeness (QED) is 0.932. The van der Waals surface area contributed by atoms with Gasteiger partial charge in [-0.2, -0.15) is 0 Å². The molecule has 0 saturated carbocycles. The number of benzene rings is 1. The van der Waals surface area contributed by atoms with Gasteiger partial charge in [-0.3, -0.25) is 9.10 Å². The largest absolute Gasteiger partial charge is 0.469 e. The molecule has 0 bridgehead atoms. The Hall–Kier alpha value is -2.35. The second kappa shape index (κ2) is 5.69. The van der Waals surface area contributed by atoms with Gasteiger partial charge in [-0.15, -0.1) is 0 Å². The van der Waals surface area contributed by atoms with Crippen LogP contribution in [0.2, 0.25) is 0 Å². The molecule has 3 rings (SSSR count). The zero-order valence-electron chi connectivity index (χ0n) is 12.4. The third-order valence-corrected chi connectivity index (χ3v) is 5.53. The molecule has 1 aliphatic heterocycles. The van der Waals surface area contributed by atoms with Crippen molar-refractivity contribution in [1.82, 2.24) is 0 Å². The van der Waals surface area contributed by atoms with Crippen LogP contribution >= 0.6 is 0 Å². The maximum Gasteiger partial charge on any atom is 0.259 e. The van der Waals surface area contributed by atoms with E-state index in [0.29, 0.717) is 23.4 Å². The number of halogens is 1. The van der Waals surface area contributed by atoms with Crippen LogP contribution in [0.15, 0.2) is 34.9 Å². The maximum atomic E-state index is 14.0. The van der Waals surface area contributed by atoms with Gasteiger partial charge >= 0.3 is 0 Å². The zero-order valence-corrected chi connectivity index (χ0v) is 13.2. The summed E-state index contributed by atoms with van der Waals surface area (Å²) in [5.41, 5.74) is 0.628. The lowest BCUT2D eigenvalue weighted by Crippen LogP contribution is -2.26. The van der Waals surface area contributed by atoms with Gasteiger partial charge in [0, 0.05) is 12.2 Å². The SMILES string of the molecule is Cc1occc1C(=O)Nc1ccc(F)c(N2CCCS2(=O)=O)c1. The molecule has 1 aromatic heterocycles. The lowest BCUT2D eigenvalue weighted by atomic mass is 10.2. The van der Waals surface area contributed by atoms with Crippen molar-refractivity contribution in [2.75, 3.05) is 21.9 Å². The van der Waals surface area contributed by atoms with Crippen molar-refractivity contribution < 1.29 is 22.0 Å². The van der Waals surface area contributed by atoms with E-state index in [4.69, 9.17) is 4.42 Å². The van der Waals surface area contributed by atoms with Crippen LogP contribution in [-0.4, -0.2) is 26.6 Å². The summed E-state index contributed by atoms with van der Waals surface area (Å²) >= 11 is 0. The van der Waals surface area contributed by atoms with Crippen LogP contribution in [0.25, 0.3) is 0 Å². The monoisotopic (exact) mass is 338 g/mol. The molecule has 1 aromatic carbocycles. The average molecular weight is 338 g/mol. The van der Waals surface area contributed by atoms with Crippen LogP contribution in [0.5, 0.6) is 0 Å². The lowest BCUT2D eigenvalue weighted by Gasteiger charge is -2.18. The minimum absolute atomic E-state index is 0.00274. The van der Waals surface area contributed by atoms with Crippen LogP contribution in [0.4, 0.5) is 15.8 Å². The molecular formula is C15H15FN2O4S. The number of nitrogens with zero attached hydrogens (tertiary/aromatic N) is 1. The maximum absolute atomic E-state index is 14.0. The average Bonchev–Trinajstić information content (AvgIpc) is 3.06. The topological polar surface area (TPSA) is 79.6 Å². The third kappa shape index (κ3) is 2.94. The fraction of sp³-hybridized carbons (Fsp3) is 0.267. The summed E-state index contributed by atoms with van der Waals surface area (Å²) in [5, 5.41) is 2.62. The second-order valence-electron chi connectivity index (χ2n) is 5.25. The Kier molecular flexibility index (Phi) is 3.85. The number of carbonyl (C=O) groups is 1. The van der Waals surface area contributed by atoms with Crippen molar-refractivity contribution >= 4 is 27.3 Å². The Bertz CT molecular complexity index is 860. The molecule has 0 radical (unpaired) electrons. The molecule has 122 valence electrons. The Labute approximate surface area is 132 Å². The molecule has 0 aliphatic carbocycles. The van der Waals surface area contributed by atoms with Gasteiger partial charge in [-0.1, -0.05) is 0 Å². The van der Waals surface area contributed by atoms with Crippen LogP contribution in [-0.2, 0) is 10.0 Å². The second-order valence-corrected chi connectivity index (χ2v) is 7.27. The fourth-order valence-corrected chi connectivity index (χ4v) is 4.07. The van der Waals surface area contributed by atoms with Gasteiger partial charge in [0.25, 0.3) is 5.91 Å². The molecular weight excluding hydrogens is 323 g/mol. The summed E-state index contributed by atoms with van der Waals surface area (Å²) in [4.78, 5) is 12.1. The Morgan fingerprint density at radius 1 is 1.35 bits per heavy atom. The van der Waals surface area contributed by atoms with Gasteiger partial charge in [0.1, 0.15) is 11.6 Å². The van der Waals surface area contributed by atoms with Crippen molar-refractivity contribution in [3.8, 4) is 0 Å². The van der Waals surface area contributed by atoms with Gasteiger partial charge in [0.05, 0.1) is 23.3 Å². The van der Waals surface area contributed by atoms with Crippen molar-refractivity contribution in [3.05, 3.63) is 47.7 Å². The molecule has 23 heavy (non-hydrogen) atoms. The first-order valence-electron chi connectivity index (χ1n) is 7.04. The summed E-state index contributed by atoms with van der Waals surface area (Å²) < 4.78 is 44.0. The van der Waals surface area contributed by atoms with Crippen molar-refractivity contribution in [1.29, 1.82) is 0 Å². The highest BCUT2D eigenvalue weighted by Crippen LogP contribution is 2.29. The Morgan fingerprint density at radius 2 is 2.13 bits per heavy atom. The molecule has 1 aliphatic rings. The molecule has 1 fully saturated rings. The molecule has 1 N–H and O–H groups in total. The Balaban J connectivity index is 1.89. The van der Waals surface area contributed by atoms with E-state index in [9.17, 15) is 17.6 Å². The van der Waals surface area contributed by atoms with Crippen LogP contribution in [0.3, 0.4) is 0 Å². The number of sulfonamides is 1. The molecule has 1 saturated heterocycles. The fourth-order valence-electron chi connectivity index (χ4n) is 2.51. The molecule has 0 atom stereocenters. The van der Waals surface area contributed by atoms with Crippen LogP contribution in [0, 0.1) is 12.7 Å². The van der Waals surface area contributed by atoms with E-state index in [2.05, 4.69) is 5.32 Å². The highest BCUT2D eigenvalue weighted by Gasteiger charge is 2.30. The van der Waals surface area contributed by atoms with Gasteiger partial charge < -0.3 is 9.73 Å². The lowest BCUT2D eigenvalue weighted by molar-refractivity contribution is 0.102. The minimum Gasteiger partial charge on any atom is -0.469 e. The molecule has 8 heteroatoms. The van der Waals surface area contributed by atoms with Crippen molar-refractivity contribution in [2.24, 2.45) is 0 Å². The first-order valence-corrected chi connectivity index (χ1v) is 8.65. The number of aryl methyl sites for hydroxylation is 1. The first kappa shape index (κ1) is 15.5. The number of nitrogens with one attached hydrogen (secondary N) is 1. The highest BCUT2D eigenvalue weighted by atomic mass is 32.2. The number of rotatable bonds is 3. The van der Waals surface area contributed by atoms with Crippen molar-refractivity contribution in [3.63, 3.8) is 0 Å². The summed E-state index contributed by atoms with van der Waals surface area (Å²) in [6, 6.07) is 5.38. The summed E-state index contributed by atoms with van der Waals surface area (Å²) in [6.07, 6.45) is 1.85. The van der Waals surface area contributed by atoms with Gasteiger partial charge in [-0.05, 0) is 37.6 Å². The van der Waals surface area contributed by atoms with Crippen molar-refractivity contribution in [2.45, 2.75) is 13.3 Å². The van der Waals surface area contributed by atoms with Gasteiger partial charge in [0.15, 0.2) is 0 Å². The summed E-state index contributed by atoms with van der Waals surface area (Å²) in [7, 11) is -3.49. The van der Waals surface area contributed by atoms with E-state index in [1.807, 2.05) is 0 Å². The van der Waals surface area contributed by atoms with Crippen LogP contribution in [0.1, 0.15) is 22.5 Å². The number of carbonyl (C=O) groups excluding carboxylic acids is 1. The molecule has 6 nitrogen and oxygen atoms in total. The summed E-state index contributed by atoms with van der Waals surface area (Å²) in [5.74, 6) is -0.588. The third-order valence-electron chi connectivity index (χ3n) is 3.68. The summed E-state index contributed by atoms with van der Waals surface area (Å²) in [6.45, 7) is 1.89. The first-order chi connectivity index (χ1) is 10.9. The van der Waals surface area contributed by atoms with E-state index in [0.717, 1.165) is 10.4 Å². The number of anilines is 2. The smallest absolute Gasteiger partial charge is 0.259 e.